The van der Waals surface area contributed by atoms with Crippen LogP contribution in [0.3, 0.4) is 0 Å². The summed E-state index contributed by atoms with van der Waals surface area (Å²) in [5.74, 6) is -0.570. The lowest BCUT2D eigenvalue weighted by atomic mass is 9.62. The molecule has 1 aliphatic carbocycles. The van der Waals surface area contributed by atoms with Crippen molar-refractivity contribution in [1.82, 2.24) is 4.98 Å². The smallest absolute Gasteiger partial charge is 0.131 e. The Hall–Kier alpha value is -1.97. The standard InChI is InChI=1S/C24H34F2N2/c1-8-17(4)24(5,12-11-16(2)3)20-13-18(25)14-21(26)23(20)22-10-9-19(15-27-22)28(6)7/h9-12,14-17,20H,8,13H2,1-7H3. The molecule has 1 aromatic heterocycles. The van der Waals surface area contributed by atoms with Gasteiger partial charge in [0.05, 0.1) is 17.6 Å². The molecular weight excluding hydrogens is 354 g/mol. The SMILES string of the molecule is CCC(C)C(C)(C=CC(C)C)C1CC(F)=CC(F)=C1c1ccc(N(C)C)cn1. The van der Waals surface area contributed by atoms with Crippen LogP contribution in [-0.2, 0) is 0 Å². The van der Waals surface area contributed by atoms with E-state index in [2.05, 4.69) is 51.8 Å². The molecule has 1 aliphatic rings. The molecule has 2 rings (SSSR count). The van der Waals surface area contributed by atoms with Gasteiger partial charge >= 0.3 is 0 Å². The summed E-state index contributed by atoms with van der Waals surface area (Å²) < 4.78 is 29.5. The van der Waals surface area contributed by atoms with Crippen molar-refractivity contribution in [3.8, 4) is 0 Å². The third-order valence-corrected chi connectivity index (χ3v) is 6.09. The van der Waals surface area contributed by atoms with E-state index in [1.54, 1.807) is 6.20 Å². The zero-order valence-corrected chi connectivity index (χ0v) is 18.3. The van der Waals surface area contributed by atoms with E-state index in [4.69, 9.17) is 0 Å². The van der Waals surface area contributed by atoms with Crippen LogP contribution >= 0.6 is 0 Å². The fourth-order valence-electron chi connectivity index (χ4n) is 3.84. The number of nitrogens with zero attached hydrogens (tertiary/aromatic N) is 2. The third kappa shape index (κ3) is 4.71. The lowest BCUT2D eigenvalue weighted by Crippen LogP contribution is -2.34. The zero-order chi connectivity index (χ0) is 21.1. The van der Waals surface area contributed by atoms with Crippen molar-refractivity contribution >= 4 is 11.3 Å². The second-order valence-electron chi connectivity index (χ2n) is 8.68. The molecule has 0 aliphatic heterocycles. The molecule has 28 heavy (non-hydrogen) atoms. The Morgan fingerprint density at radius 3 is 2.43 bits per heavy atom. The van der Waals surface area contributed by atoms with Gasteiger partial charge in [-0.05, 0) is 29.4 Å². The van der Waals surface area contributed by atoms with Crippen LogP contribution < -0.4 is 4.90 Å². The Labute approximate surface area is 169 Å². The van der Waals surface area contributed by atoms with E-state index < -0.39 is 11.7 Å². The lowest BCUT2D eigenvalue weighted by Gasteiger charge is -2.42. The molecule has 154 valence electrons. The molecule has 4 heteroatoms. The van der Waals surface area contributed by atoms with Crippen LogP contribution in [-0.4, -0.2) is 19.1 Å². The minimum absolute atomic E-state index is 0.198. The van der Waals surface area contributed by atoms with Crippen LogP contribution in [0.25, 0.3) is 5.57 Å². The number of aromatic nitrogens is 1. The van der Waals surface area contributed by atoms with Crippen molar-refractivity contribution in [2.75, 3.05) is 19.0 Å². The molecule has 0 radical (unpaired) electrons. The Morgan fingerprint density at radius 1 is 1.25 bits per heavy atom. The normalized spacial score (nSPS) is 21.1. The number of pyridine rings is 1. The summed E-state index contributed by atoms with van der Waals surface area (Å²) in [6.07, 6.45) is 8.23. The molecule has 0 N–H and O–H groups in total. The fourth-order valence-corrected chi connectivity index (χ4v) is 3.84. The van der Waals surface area contributed by atoms with E-state index >= 15 is 4.39 Å². The molecule has 0 fully saturated rings. The molecule has 0 saturated heterocycles. The van der Waals surface area contributed by atoms with Crippen molar-refractivity contribution in [2.24, 2.45) is 23.2 Å². The Morgan fingerprint density at radius 2 is 1.93 bits per heavy atom. The van der Waals surface area contributed by atoms with Gasteiger partial charge in [0, 0.05) is 38.1 Å². The first kappa shape index (κ1) is 22.3. The fraction of sp³-hybridized carbons (Fsp3) is 0.542. The van der Waals surface area contributed by atoms with Crippen molar-refractivity contribution in [2.45, 2.75) is 47.5 Å². The van der Waals surface area contributed by atoms with E-state index in [1.807, 2.05) is 31.1 Å². The van der Waals surface area contributed by atoms with E-state index in [1.165, 1.54) is 0 Å². The highest BCUT2D eigenvalue weighted by molar-refractivity contribution is 5.72. The second kappa shape index (κ2) is 9.02. The average molecular weight is 389 g/mol. The number of anilines is 1. The average Bonchev–Trinajstić information content (AvgIpc) is 2.64. The minimum atomic E-state index is -0.508. The number of halogens is 2. The van der Waals surface area contributed by atoms with Crippen LogP contribution in [0.2, 0.25) is 0 Å². The molecule has 0 bridgehead atoms. The summed E-state index contributed by atoms with van der Waals surface area (Å²) in [5, 5.41) is 0. The first-order valence-electron chi connectivity index (χ1n) is 10.2. The predicted octanol–water partition coefficient (Wildman–Crippen LogP) is 6.97. The largest absolute Gasteiger partial charge is 0.376 e. The van der Waals surface area contributed by atoms with Crippen LogP contribution in [0.15, 0.2) is 48.2 Å². The number of hydrogen-bond donors (Lipinski definition) is 0. The highest BCUT2D eigenvalue weighted by Gasteiger charge is 2.42. The Bertz CT molecular complexity index is 759. The summed E-state index contributed by atoms with van der Waals surface area (Å²) in [6, 6.07) is 3.77. The van der Waals surface area contributed by atoms with E-state index in [0.717, 1.165) is 18.2 Å². The van der Waals surface area contributed by atoms with Gasteiger partial charge in [-0.15, -0.1) is 0 Å². The van der Waals surface area contributed by atoms with Crippen LogP contribution in [0, 0.1) is 23.2 Å². The quantitative estimate of drug-likeness (QED) is 0.469. The molecule has 3 unspecified atom stereocenters. The molecule has 1 heterocycles. The topological polar surface area (TPSA) is 16.1 Å². The molecule has 0 saturated carbocycles. The van der Waals surface area contributed by atoms with E-state index in [0.29, 0.717) is 17.2 Å². The summed E-state index contributed by atoms with van der Waals surface area (Å²) in [7, 11) is 3.88. The van der Waals surface area contributed by atoms with Gasteiger partial charge in [0.15, 0.2) is 0 Å². The van der Waals surface area contributed by atoms with Crippen molar-refractivity contribution in [3.63, 3.8) is 0 Å². The molecule has 3 atom stereocenters. The molecule has 0 amide bonds. The summed E-state index contributed by atoms with van der Waals surface area (Å²) >= 11 is 0. The molecule has 1 aromatic rings. The lowest BCUT2D eigenvalue weighted by molar-refractivity contribution is 0.189. The van der Waals surface area contributed by atoms with Gasteiger partial charge in [-0.3, -0.25) is 4.98 Å². The first-order chi connectivity index (χ1) is 13.1. The summed E-state index contributed by atoms with van der Waals surface area (Å²) in [6.45, 7) is 10.7. The predicted molar refractivity (Wildman–Crippen MR) is 115 cm³/mol. The highest BCUT2D eigenvalue weighted by Crippen LogP contribution is 2.51. The highest BCUT2D eigenvalue weighted by atomic mass is 19.1. The summed E-state index contributed by atoms with van der Waals surface area (Å²) in [4.78, 5) is 6.48. The maximum absolute atomic E-state index is 15.1. The van der Waals surface area contributed by atoms with Gasteiger partial charge in [-0.1, -0.05) is 53.2 Å². The van der Waals surface area contributed by atoms with Crippen molar-refractivity contribution in [1.29, 1.82) is 0 Å². The maximum atomic E-state index is 15.1. The monoisotopic (exact) mass is 388 g/mol. The van der Waals surface area contributed by atoms with Gasteiger partial charge in [-0.25, -0.2) is 8.78 Å². The Kier molecular flexibility index (Phi) is 7.19. The molecule has 0 spiro atoms. The van der Waals surface area contributed by atoms with Crippen LogP contribution in [0.1, 0.15) is 53.2 Å². The second-order valence-corrected chi connectivity index (χ2v) is 8.68. The number of rotatable bonds is 7. The third-order valence-electron chi connectivity index (χ3n) is 6.09. The first-order valence-corrected chi connectivity index (χ1v) is 10.2. The van der Waals surface area contributed by atoms with Gasteiger partial charge < -0.3 is 4.90 Å². The molecular formula is C24H34F2N2. The van der Waals surface area contributed by atoms with Crippen molar-refractivity contribution in [3.05, 3.63) is 53.9 Å². The van der Waals surface area contributed by atoms with Crippen LogP contribution in [0.5, 0.6) is 0 Å². The number of allylic oxidation sites excluding steroid dienone is 6. The van der Waals surface area contributed by atoms with Crippen molar-refractivity contribution < 1.29 is 8.78 Å². The minimum Gasteiger partial charge on any atom is -0.376 e. The van der Waals surface area contributed by atoms with Gasteiger partial charge in [0.2, 0.25) is 0 Å². The zero-order valence-electron chi connectivity index (χ0n) is 18.3. The van der Waals surface area contributed by atoms with Crippen LogP contribution in [0.4, 0.5) is 14.5 Å². The van der Waals surface area contributed by atoms with Gasteiger partial charge in [0.1, 0.15) is 11.7 Å². The molecule has 0 aromatic carbocycles. The maximum Gasteiger partial charge on any atom is 0.131 e. The van der Waals surface area contributed by atoms with E-state index in [-0.39, 0.29) is 23.7 Å². The molecule has 2 nitrogen and oxygen atoms in total. The van der Waals surface area contributed by atoms with Gasteiger partial charge in [-0.2, -0.15) is 0 Å². The van der Waals surface area contributed by atoms with Gasteiger partial charge in [0.25, 0.3) is 0 Å². The number of hydrogen-bond acceptors (Lipinski definition) is 2. The van der Waals surface area contributed by atoms with E-state index in [9.17, 15) is 4.39 Å². The Balaban J connectivity index is 2.60. The summed E-state index contributed by atoms with van der Waals surface area (Å²) in [5.41, 5.74) is 1.68.